The summed E-state index contributed by atoms with van der Waals surface area (Å²) in [6.07, 6.45) is -16.5. The molecule has 0 aliphatic carbocycles. The molecule has 2 aliphatic heterocycles. The Bertz CT molecular complexity index is 1420. The van der Waals surface area contributed by atoms with Gasteiger partial charge in [0.1, 0.15) is 11.9 Å². The Labute approximate surface area is 234 Å². The summed E-state index contributed by atoms with van der Waals surface area (Å²) in [7, 11) is -4.72. The minimum Gasteiger partial charge on any atom is -0.394 e. The van der Waals surface area contributed by atoms with Crippen molar-refractivity contribution in [3.05, 3.63) is 59.4 Å². The monoisotopic (exact) mass is 630 g/mol. The molecule has 0 spiro atoms. The molecule has 4 atom stereocenters. The van der Waals surface area contributed by atoms with Crippen molar-refractivity contribution < 1.29 is 64.4 Å². The quantitative estimate of drug-likeness (QED) is 0.358. The Morgan fingerprint density at radius 1 is 0.976 bits per heavy atom. The highest BCUT2D eigenvalue weighted by atomic mass is 32.2. The first-order chi connectivity index (χ1) is 19.3. The maximum absolute atomic E-state index is 13.7. The summed E-state index contributed by atoms with van der Waals surface area (Å²) in [6, 6.07) is 2.24. The zero-order valence-electron chi connectivity index (χ0n) is 21.3. The van der Waals surface area contributed by atoms with Crippen LogP contribution in [0.1, 0.15) is 24.0 Å². The molecule has 2 aliphatic rings. The van der Waals surface area contributed by atoms with Crippen LogP contribution in [0.2, 0.25) is 0 Å². The van der Waals surface area contributed by atoms with Crippen LogP contribution in [0.4, 0.5) is 36.4 Å². The number of aliphatic hydroxyl groups is 4. The Morgan fingerprint density at radius 2 is 1.57 bits per heavy atom. The van der Waals surface area contributed by atoms with Crippen LogP contribution in [0.15, 0.2) is 47.4 Å². The molecule has 1 saturated heterocycles. The minimum absolute atomic E-state index is 0.284. The van der Waals surface area contributed by atoms with Gasteiger partial charge in [-0.2, -0.15) is 26.3 Å². The Balaban J connectivity index is 1.80. The zero-order valence-corrected chi connectivity index (χ0v) is 22.2. The standard InChI is InChI=1S/C25H25F7N2O7S/c26-15-3-6-17(7-4-15)42(40,41)34-16(10-21(37)33-11-20(36)22(38)19(33)12-35)5-1-13-9-14(2-8-18(13)34)23(39,24(27,28)29)25(30,31)32/h2-4,6-9,16,19-20,22,35-36,38-39H,1,5,10-12H2/t16-,19?,20-,22+/m0/s1. The molecule has 0 saturated carbocycles. The molecule has 0 radical (unpaired) electrons. The van der Waals surface area contributed by atoms with E-state index in [4.69, 9.17) is 0 Å². The van der Waals surface area contributed by atoms with E-state index >= 15 is 0 Å². The molecule has 2 aromatic rings. The normalized spacial score (nSPS) is 23.7. The van der Waals surface area contributed by atoms with Gasteiger partial charge in [-0.05, 0) is 48.7 Å². The smallest absolute Gasteiger partial charge is 0.394 e. The largest absolute Gasteiger partial charge is 0.430 e. The fourth-order valence-corrected chi connectivity index (χ4v) is 7.00. The van der Waals surface area contributed by atoms with E-state index in [9.17, 15) is 64.4 Å². The third kappa shape index (κ3) is 5.32. The topological polar surface area (TPSA) is 139 Å². The number of fused-ring (bicyclic) bond motifs is 1. The number of hydrogen-bond acceptors (Lipinski definition) is 7. The second-order valence-corrected chi connectivity index (χ2v) is 11.9. The number of nitrogens with zero attached hydrogens (tertiary/aromatic N) is 2. The van der Waals surface area contributed by atoms with Gasteiger partial charge in [0, 0.05) is 18.5 Å². The molecular formula is C25H25F7N2O7S. The third-order valence-electron chi connectivity index (χ3n) is 7.49. The average molecular weight is 631 g/mol. The van der Waals surface area contributed by atoms with Gasteiger partial charge >= 0.3 is 12.4 Å². The summed E-state index contributed by atoms with van der Waals surface area (Å²) in [5, 5.41) is 39.4. The summed E-state index contributed by atoms with van der Waals surface area (Å²) in [4.78, 5) is 13.6. The number of aliphatic hydroxyl groups excluding tert-OH is 3. The van der Waals surface area contributed by atoms with E-state index in [1.54, 1.807) is 0 Å². The molecule has 1 unspecified atom stereocenters. The van der Waals surface area contributed by atoms with Gasteiger partial charge in [0.05, 0.1) is 35.4 Å². The SMILES string of the molecule is O=C(C[C@@H]1CCc2cc(C(O)(C(F)(F)F)C(F)(F)F)ccc2N1S(=O)(=O)c1ccc(F)cc1)N1C[C@H](O)[C@H](O)C1CO. The maximum atomic E-state index is 13.7. The minimum atomic E-state index is -6.18. The zero-order chi connectivity index (χ0) is 31.4. The number of amides is 1. The van der Waals surface area contributed by atoms with Crippen LogP contribution in [-0.2, 0) is 26.8 Å². The van der Waals surface area contributed by atoms with E-state index in [0.29, 0.717) is 16.4 Å². The van der Waals surface area contributed by atoms with Crippen LogP contribution >= 0.6 is 0 Å². The average Bonchev–Trinajstić information content (AvgIpc) is 3.19. The third-order valence-corrected chi connectivity index (χ3v) is 9.37. The fraction of sp³-hybridized carbons (Fsp3) is 0.480. The molecule has 1 amide bonds. The van der Waals surface area contributed by atoms with Gasteiger partial charge in [-0.3, -0.25) is 9.10 Å². The highest BCUT2D eigenvalue weighted by molar-refractivity contribution is 7.92. The number of benzene rings is 2. The molecule has 232 valence electrons. The molecule has 4 N–H and O–H groups in total. The van der Waals surface area contributed by atoms with E-state index in [1.165, 1.54) is 0 Å². The maximum Gasteiger partial charge on any atom is 0.430 e. The van der Waals surface area contributed by atoms with E-state index in [1.807, 2.05) is 0 Å². The van der Waals surface area contributed by atoms with Crippen molar-refractivity contribution in [2.75, 3.05) is 17.5 Å². The molecule has 17 heteroatoms. The van der Waals surface area contributed by atoms with Gasteiger partial charge in [-0.1, -0.05) is 12.1 Å². The van der Waals surface area contributed by atoms with Gasteiger partial charge in [0.15, 0.2) is 0 Å². The molecule has 0 aromatic heterocycles. The molecule has 1 fully saturated rings. The van der Waals surface area contributed by atoms with Crippen LogP contribution in [0.3, 0.4) is 0 Å². The summed E-state index contributed by atoms with van der Waals surface area (Å²) >= 11 is 0. The van der Waals surface area contributed by atoms with Crippen molar-refractivity contribution in [2.45, 2.75) is 66.4 Å². The molecular weight excluding hydrogens is 605 g/mol. The van der Waals surface area contributed by atoms with Gasteiger partial charge in [0.25, 0.3) is 15.6 Å². The fourth-order valence-electron chi connectivity index (χ4n) is 5.28. The van der Waals surface area contributed by atoms with Crippen LogP contribution < -0.4 is 4.31 Å². The molecule has 9 nitrogen and oxygen atoms in total. The second kappa shape index (κ2) is 10.9. The van der Waals surface area contributed by atoms with Gasteiger partial charge in [-0.15, -0.1) is 0 Å². The van der Waals surface area contributed by atoms with Crippen molar-refractivity contribution in [3.63, 3.8) is 0 Å². The lowest BCUT2D eigenvalue weighted by atomic mass is 9.87. The summed E-state index contributed by atoms with van der Waals surface area (Å²) < 4.78 is 123. The number of aryl methyl sites for hydroxylation is 1. The molecule has 42 heavy (non-hydrogen) atoms. The first-order valence-corrected chi connectivity index (χ1v) is 13.8. The molecule has 0 bridgehead atoms. The predicted octanol–water partition coefficient (Wildman–Crippen LogP) is 1.96. The number of sulfonamides is 1. The number of rotatable bonds is 6. The number of carbonyl (C=O) groups excluding carboxylic acids is 1. The highest BCUT2D eigenvalue weighted by Gasteiger charge is 2.71. The van der Waals surface area contributed by atoms with Crippen LogP contribution in [0.25, 0.3) is 0 Å². The lowest BCUT2D eigenvalue weighted by Crippen LogP contribution is -2.54. The van der Waals surface area contributed by atoms with Crippen molar-refractivity contribution in [1.29, 1.82) is 0 Å². The summed E-state index contributed by atoms with van der Waals surface area (Å²) in [5.41, 5.74) is -7.55. The molecule has 2 aromatic carbocycles. The van der Waals surface area contributed by atoms with Gasteiger partial charge in [0.2, 0.25) is 5.91 Å². The Kier molecular flexibility index (Phi) is 8.31. The lowest BCUT2D eigenvalue weighted by molar-refractivity contribution is -0.376. The van der Waals surface area contributed by atoms with Gasteiger partial charge < -0.3 is 25.3 Å². The lowest BCUT2D eigenvalue weighted by Gasteiger charge is -2.39. The van der Waals surface area contributed by atoms with Crippen molar-refractivity contribution in [3.8, 4) is 0 Å². The Morgan fingerprint density at radius 3 is 2.12 bits per heavy atom. The van der Waals surface area contributed by atoms with Crippen molar-refractivity contribution >= 4 is 21.6 Å². The number of halogens is 7. The number of β-amino-alcohol motifs (C(OH)–C–C–N with tert-alkyl or cyclic N) is 1. The number of carbonyl (C=O) groups is 1. The van der Waals surface area contributed by atoms with E-state index in [0.717, 1.165) is 29.2 Å². The number of anilines is 1. The van der Waals surface area contributed by atoms with E-state index in [2.05, 4.69) is 0 Å². The van der Waals surface area contributed by atoms with Crippen LogP contribution in [0, 0.1) is 5.82 Å². The predicted molar refractivity (Wildman–Crippen MR) is 130 cm³/mol. The van der Waals surface area contributed by atoms with Crippen molar-refractivity contribution in [1.82, 2.24) is 4.90 Å². The van der Waals surface area contributed by atoms with Crippen LogP contribution in [-0.4, -0.2) is 89.4 Å². The first-order valence-electron chi connectivity index (χ1n) is 12.4. The van der Waals surface area contributed by atoms with Gasteiger partial charge in [-0.25, -0.2) is 12.8 Å². The molecule has 2 heterocycles. The van der Waals surface area contributed by atoms with Crippen LogP contribution in [0.5, 0.6) is 0 Å². The van der Waals surface area contributed by atoms with E-state index in [-0.39, 0.29) is 30.2 Å². The van der Waals surface area contributed by atoms with Crippen molar-refractivity contribution in [2.24, 2.45) is 0 Å². The number of likely N-dealkylation sites (tertiary alicyclic amines) is 1. The van der Waals surface area contributed by atoms with E-state index < -0.39 is 94.0 Å². The number of alkyl halides is 6. The summed E-state index contributed by atoms with van der Waals surface area (Å²) in [6.45, 7) is -1.13. The Hall–Kier alpha value is -2.99. The highest BCUT2D eigenvalue weighted by Crippen LogP contribution is 2.51. The second-order valence-electron chi connectivity index (χ2n) is 10.1. The molecule has 4 rings (SSSR count). The summed E-state index contributed by atoms with van der Waals surface area (Å²) in [5.74, 6) is -1.61. The first kappa shape index (κ1) is 31.9. The number of hydrogen-bond donors (Lipinski definition) is 4.